The molecule has 3 heterocycles. The zero-order chi connectivity index (χ0) is 19.0. The Hall–Kier alpha value is -3.19. The lowest BCUT2D eigenvalue weighted by Gasteiger charge is -2.12. The van der Waals surface area contributed by atoms with E-state index in [-0.39, 0.29) is 18.5 Å². The van der Waals surface area contributed by atoms with Crippen molar-refractivity contribution in [3.63, 3.8) is 0 Å². The molecule has 0 radical (unpaired) electrons. The van der Waals surface area contributed by atoms with E-state index in [9.17, 15) is 9.59 Å². The molecule has 27 heavy (non-hydrogen) atoms. The molecule has 0 unspecified atom stereocenters. The summed E-state index contributed by atoms with van der Waals surface area (Å²) in [7, 11) is 0. The Morgan fingerprint density at radius 2 is 2.04 bits per heavy atom. The molecule has 4 rings (SSSR count). The summed E-state index contributed by atoms with van der Waals surface area (Å²) >= 11 is 1.37. The normalized spacial score (nSPS) is 11.1. The molecule has 0 bridgehead atoms. The van der Waals surface area contributed by atoms with Crippen LogP contribution in [0.2, 0.25) is 0 Å². The lowest BCUT2D eigenvalue weighted by Crippen LogP contribution is -2.24. The van der Waals surface area contributed by atoms with E-state index in [4.69, 9.17) is 14.5 Å². The van der Waals surface area contributed by atoms with Gasteiger partial charge in [0.15, 0.2) is 0 Å². The van der Waals surface area contributed by atoms with Gasteiger partial charge in [0.05, 0.1) is 18.1 Å². The van der Waals surface area contributed by atoms with Gasteiger partial charge in [0.2, 0.25) is 0 Å². The molecule has 0 saturated carbocycles. The number of hydrogen-bond donors (Lipinski definition) is 1. The molecular weight excluding hydrogens is 364 g/mol. The van der Waals surface area contributed by atoms with Crippen molar-refractivity contribution in [2.24, 2.45) is 0 Å². The van der Waals surface area contributed by atoms with Gasteiger partial charge in [-0.15, -0.1) is 11.3 Å². The number of fused-ring (bicyclic) bond motifs is 1. The smallest absolute Gasteiger partial charge is 0.305 e. The highest BCUT2D eigenvalue weighted by Crippen LogP contribution is 2.32. The first-order valence-electron chi connectivity index (χ1n) is 8.39. The fourth-order valence-electron chi connectivity index (χ4n) is 2.98. The summed E-state index contributed by atoms with van der Waals surface area (Å²) in [6.07, 6.45) is 1.39. The maximum absolute atomic E-state index is 13.3. The fourth-order valence-corrected chi connectivity index (χ4v) is 3.89. The van der Waals surface area contributed by atoms with Gasteiger partial charge >= 0.3 is 5.97 Å². The van der Waals surface area contributed by atoms with Gasteiger partial charge in [-0.25, -0.2) is 4.98 Å². The van der Waals surface area contributed by atoms with Crippen LogP contribution in [0.5, 0.6) is 0 Å². The number of rotatable bonds is 5. The number of thiophene rings is 1. The van der Waals surface area contributed by atoms with E-state index in [1.54, 1.807) is 18.4 Å². The van der Waals surface area contributed by atoms with Crippen LogP contribution in [0.1, 0.15) is 12.0 Å². The average molecular weight is 380 g/mol. The average Bonchev–Trinajstić information content (AvgIpc) is 3.30. The third kappa shape index (κ3) is 3.17. The van der Waals surface area contributed by atoms with Crippen LogP contribution in [0.4, 0.5) is 0 Å². The number of carbonyl (C=O) groups is 1. The third-order valence-electron chi connectivity index (χ3n) is 4.34. The number of nitrogens with zero attached hydrogens (tertiary/aromatic N) is 2. The Morgan fingerprint density at radius 1 is 1.26 bits per heavy atom. The molecule has 3 aromatic heterocycles. The molecule has 0 aliphatic heterocycles. The van der Waals surface area contributed by atoms with Gasteiger partial charge in [-0.05, 0) is 19.1 Å². The second-order valence-corrected chi connectivity index (χ2v) is 7.07. The highest BCUT2D eigenvalue weighted by Gasteiger charge is 2.19. The van der Waals surface area contributed by atoms with E-state index >= 15 is 0 Å². The largest absolute Gasteiger partial charge is 0.481 e. The number of carboxylic acids is 1. The predicted molar refractivity (Wildman–Crippen MR) is 104 cm³/mol. The molecule has 7 heteroatoms. The highest BCUT2D eigenvalue weighted by atomic mass is 32.1. The van der Waals surface area contributed by atoms with Crippen molar-refractivity contribution in [1.82, 2.24) is 9.55 Å². The summed E-state index contributed by atoms with van der Waals surface area (Å²) in [4.78, 5) is 29.7. The van der Waals surface area contributed by atoms with Gasteiger partial charge in [0, 0.05) is 23.1 Å². The monoisotopic (exact) mass is 380 g/mol. The Labute approximate surface area is 158 Å². The van der Waals surface area contributed by atoms with Crippen molar-refractivity contribution in [2.45, 2.75) is 19.9 Å². The van der Waals surface area contributed by atoms with Crippen LogP contribution >= 0.6 is 11.3 Å². The molecule has 0 amide bonds. The molecule has 6 nitrogen and oxygen atoms in total. The summed E-state index contributed by atoms with van der Waals surface area (Å²) < 4.78 is 6.89. The van der Waals surface area contributed by atoms with E-state index in [1.165, 1.54) is 15.9 Å². The Morgan fingerprint density at radius 3 is 2.70 bits per heavy atom. The molecule has 136 valence electrons. The van der Waals surface area contributed by atoms with E-state index in [0.717, 1.165) is 11.1 Å². The summed E-state index contributed by atoms with van der Waals surface area (Å²) in [5.41, 5.74) is 2.29. The first-order chi connectivity index (χ1) is 13.0. The van der Waals surface area contributed by atoms with E-state index in [2.05, 4.69) is 0 Å². The van der Waals surface area contributed by atoms with Crippen LogP contribution in [-0.4, -0.2) is 20.6 Å². The molecule has 0 atom stereocenters. The van der Waals surface area contributed by atoms with E-state index in [1.807, 2.05) is 36.6 Å². The van der Waals surface area contributed by atoms with Crippen molar-refractivity contribution < 1.29 is 14.3 Å². The van der Waals surface area contributed by atoms with Gasteiger partial charge < -0.3 is 9.52 Å². The van der Waals surface area contributed by atoms with Crippen LogP contribution in [0.15, 0.2) is 57.3 Å². The number of benzene rings is 1. The minimum atomic E-state index is -0.964. The number of furan rings is 1. The van der Waals surface area contributed by atoms with Crippen LogP contribution in [0.3, 0.4) is 0 Å². The standard InChI is InChI=1S/C20H16N2O4S/c1-12-4-6-13(7-5-12)18-21-19-17(20(25)22(18)9-8-16(23)24)14(11-27-19)15-3-2-10-26-15/h2-7,10-11H,8-9H2,1H3,(H,23,24). The highest BCUT2D eigenvalue weighted by molar-refractivity contribution is 7.17. The van der Waals surface area contributed by atoms with Crippen LogP contribution in [0.25, 0.3) is 32.9 Å². The van der Waals surface area contributed by atoms with Gasteiger partial charge in [0.1, 0.15) is 16.4 Å². The van der Waals surface area contributed by atoms with Crippen LogP contribution in [0, 0.1) is 6.92 Å². The Bertz CT molecular complexity index is 1170. The van der Waals surface area contributed by atoms with Crippen molar-refractivity contribution >= 4 is 27.5 Å². The molecular formula is C20H16N2O4S. The lowest BCUT2D eigenvalue weighted by atomic mass is 10.1. The third-order valence-corrected chi connectivity index (χ3v) is 5.21. The van der Waals surface area contributed by atoms with E-state index in [0.29, 0.717) is 27.4 Å². The molecule has 0 fully saturated rings. The lowest BCUT2D eigenvalue weighted by molar-refractivity contribution is -0.137. The Kier molecular flexibility index (Phi) is 4.37. The van der Waals surface area contributed by atoms with Crippen LogP contribution in [-0.2, 0) is 11.3 Å². The van der Waals surface area contributed by atoms with Gasteiger partial charge in [-0.3, -0.25) is 14.2 Å². The second-order valence-electron chi connectivity index (χ2n) is 6.21. The quantitative estimate of drug-likeness (QED) is 0.562. The number of aliphatic carboxylic acids is 1. The number of aryl methyl sites for hydroxylation is 1. The molecule has 1 N–H and O–H groups in total. The molecule has 0 spiro atoms. The van der Waals surface area contributed by atoms with Crippen LogP contribution < -0.4 is 5.56 Å². The van der Waals surface area contributed by atoms with Crippen molar-refractivity contribution in [3.8, 4) is 22.7 Å². The number of aromatic nitrogens is 2. The van der Waals surface area contributed by atoms with Crippen molar-refractivity contribution in [2.75, 3.05) is 0 Å². The summed E-state index contributed by atoms with van der Waals surface area (Å²) in [6, 6.07) is 11.2. The summed E-state index contributed by atoms with van der Waals surface area (Å²) in [6.45, 7) is 2.03. The Balaban J connectivity index is 1.97. The minimum absolute atomic E-state index is 0.0494. The zero-order valence-corrected chi connectivity index (χ0v) is 15.3. The SMILES string of the molecule is Cc1ccc(-c2nc3scc(-c4ccco4)c3c(=O)n2CCC(=O)O)cc1. The first kappa shape index (κ1) is 17.2. The fraction of sp³-hybridized carbons (Fsp3) is 0.150. The maximum atomic E-state index is 13.3. The maximum Gasteiger partial charge on any atom is 0.305 e. The zero-order valence-electron chi connectivity index (χ0n) is 14.5. The van der Waals surface area contributed by atoms with E-state index < -0.39 is 5.97 Å². The topological polar surface area (TPSA) is 85.3 Å². The molecule has 1 aromatic carbocycles. The first-order valence-corrected chi connectivity index (χ1v) is 9.27. The van der Waals surface area contributed by atoms with Gasteiger partial charge in [0.25, 0.3) is 5.56 Å². The molecule has 0 saturated heterocycles. The number of hydrogen-bond acceptors (Lipinski definition) is 5. The van der Waals surface area contributed by atoms with Gasteiger partial charge in [-0.1, -0.05) is 29.8 Å². The molecule has 4 aromatic rings. The predicted octanol–water partition coefficient (Wildman–Crippen LogP) is 4.17. The number of carboxylic acid groups (broad SMARTS) is 1. The van der Waals surface area contributed by atoms with Gasteiger partial charge in [-0.2, -0.15) is 0 Å². The summed E-state index contributed by atoms with van der Waals surface area (Å²) in [5.74, 6) is 0.100. The summed E-state index contributed by atoms with van der Waals surface area (Å²) in [5, 5.41) is 11.4. The van der Waals surface area contributed by atoms with Crippen molar-refractivity contribution in [1.29, 1.82) is 0 Å². The minimum Gasteiger partial charge on any atom is -0.481 e. The second kappa shape index (κ2) is 6.85. The molecule has 0 aliphatic carbocycles. The van der Waals surface area contributed by atoms with Crippen molar-refractivity contribution in [3.05, 3.63) is 64.0 Å². The molecule has 0 aliphatic rings.